The van der Waals surface area contributed by atoms with Crippen LogP contribution in [0.1, 0.15) is 25.0 Å². The molecule has 6 rings (SSSR count). The lowest BCUT2D eigenvalue weighted by Crippen LogP contribution is -2.29. The normalized spacial score (nSPS) is 13.2. The molecule has 4 aromatic carbocycles. The Morgan fingerprint density at radius 1 is 0.583 bits per heavy atom. The fourth-order valence-electron chi connectivity index (χ4n) is 5.15. The SMILES string of the molecule is CC1(C)c2ccccc2-c2ccc(-c3cc(-c4ccccc4)nc(-c4ccc(B(O)O)cc4)n3)cc21. The van der Waals surface area contributed by atoms with Crippen LogP contribution in [0.5, 0.6) is 0 Å². The first-order valence-electron chi connectivity index (χ1n) is 12.1. The van der Waals surface area contributed by atoms with Crippen LogP contribution in [0.25, 0.3) is 45.0 Å². The first-order valence-corrected chi connectivity index (χ1v) is 12.1. The van der Waals surface area contributed by atoms with Crippen LogP contribution in [0.3, 0.4) is 0 Å². The molecular weight excluding hydrogens is 443 g/mol. The van der Waals surface area contributed by atoms with Gasteiger partial charge in [-0.1, -0.05) is 105 Å². The van der Waals surface area contributed by atoms with E-state index in [1.807, 2.05) is 48.5 Å². The molecule has 0 amide bonds. The largest absolute Gasteiger partial charge is 0.488 e. The molecular formula is C31H25BN2O2. The number of fused-ring (bicyclic) bond motifs is 3. The molecule has 1 heterocycles. The lowest BCUT2D eigenvalue weighted by Gasteiger charge is -2.22. The van der Waals surface area contributed by atoms with Crippen LogP contribution < -0.4 is 5.46 Å². The van der Waals surface area contributed by atoms with E-state index in [1.165, 1.54) is 22.3 Å². The van der Waals surface area contributed by atoms with Crippen LogP contribution in [-0.4, -0.2) is 27.1 Å². The van der Waals surface area contributed by atoms with Crippen molar-refractivity contribution in [3.05, 3.63) is 114 Å². The highest BCUT2D eigenvalue weighted by molar-refractivity contribution is 6.58. The summed E-state index contributed by atoms with van der Waals surface area (Å²) in [7, 11) is -1.51. The van der Waals surface area contributed by atoms with Crippen molar-refractivity contribution >= 4 is 12.6 Å². The molecule has 1 aromatic heterocycles. The maximum atomic E-state index is 9.48. The van der Waals surface area contributed by atoms with Crippen molar-refractivity contribution < 1.29 is 10.0 Å². The average Bonchev–Trinajstić information content (AvgIpc) is 3.15. The van der Waals surface area contributed by atoms with Crippen molar-refractivity contribution in [2.75, 3.05) is 0 Å². The molecule has 1 aliphatic rings. The van der Waals surface area contributed by atoms with Gasteiger partial charge in [0, 0.05) is 22.1 Å². The van der Waals surface area contributed by atoms with Gasteiger partial charge in [-0.3, -0.25) is 0 Å². The lowest BCUT2D eigenvalue weighted by atomic mass is 9.80. The zero-order chi connectivity index (χ0) is 24.9. The lowest BCUT2D eigenvalue weighted by molar-refractivity contribution is 0.426. The number of aromatic nitrogens is 2. The smallest absolute Gasteiger partial charge is 0.423 e. The van der Waals surface area contributed by atoms with Gasteiger partial charge >= 0.3 is 7.12 Å². The average molecular weight is 468 g/mol. The Labute approximate surface area is 211 Å². The standard InChI is InChI=1S/C31H25BN2O2/c1-31(2)26-11-7-6-10-24(26)25-17-14-22(18-27(25)31)29-19-28(20-8-4-3-5-9-20)33-30(34-29)21-12-15-23(16-13-21)32(35)36/h3-19,35-36H,1-2H3. The van der Waals surface area contributed by atoms with Gasteiger partial charge in [0.05, 0.1) is 11.4 Å². The van der Waals surface area contributed by atoms with Gasteiger partial charge in [0.2, 0.25) is 0 Å². The highest BCUT2D eigenvalue weighted by atomic mass is 16.4. The van der Waals surface area contributed by atoms with Crippen LogP contribution in [-0.2, 0) is 5.41 Å². The molecule has 0 aliphatic heterocycles. The Balaban J connectivity index is 1.51. The van der Waals surface area contributed by atoms with Crippen LogP contribution >= 0.6 is 0 Å². The first kappa shape index (κ1) is 22.4. The summed E-state index contributed by atoms with van der Waals surface area (Å²) < 4.78 is 0. The second kappa shape index (κ2) is 8.56. The van der Waals surface area contributed by atoms with E-state index in [2.05, 4.69) is 56.3 Å². The number of hydrogen-bond donors (Lipinski definition) is 2. The number of hydrogen-bond acceptors (Lipinski definition) is 4. The van der Waals surface area contributed by atoms with Gasteiger partial charge in [0.1, 0.15) is 0 Å². The molecule has 0 unspecified atom stereocenters. The van der Waals surface area contributed by atoms with Gasteiger partial charge in [-0.15, -0.1) is 0 Å². The summed E-state index contributed by atoms with van der Waals surface area (Å²) in [4.78, 5) is 9.83. The maximum Gasteiger partial charge on any atom is 0.488 e. The van der Waals surface area contributed by atoms with Crippen LogP contribution in [0.4, 0.5) is 0 Å². The Hall–Kier alpha value is -4.06. The summed E-state index contributed by atoms with van der Waals surface area (Å²) in [6.45, 7) is 4.55. The molecule has 0 atom stereocenters. The van der Waals surface area contributed by atoms with Crippen LogP contribution in [0.15, 0.2) is 103 Å². The van der Waals surface area contributed by atoms with Gasteiger partial charge in [0.15, 0.2) is 5.82 Å². The van der Waals surface area contributed by atoms with Crippen molar-refractivity contribution in [1.29, 1.82) is 0 Å². The third kappa shape index (κ3) is 3.74. The Morgan fingerprint density at radius 3 is 1.92 bits per heavy atom. The minimum absolute atomic E-state index is 0.0962. The zero-order valence-electron chi connectivity index (χ0n) is 20.2. The second-order valence-corrected chi connectivity index (χ2v) is 9.75. The van der Waals surface area contributed by atoms with E-state index in [9.17, 15) is 10.0 Å². The van der Waals surface area contributed by atoms with Gasteiger partial charge in [-0.05, 0) is 39.8 Å². The molecule has 174 valence electrons. The maximum absolute atomic E-state index is 9.48. The molecule has 0 radical (unpaired) electrons. The van der Waals surface area contributed by atoms with E-state index in [0.717, 1.165) is 28.1 Å². The monoisotopic (exact) mass is 468 g/mol. The van der Waals surface area contributed by atoms with Gasteiger partial charge < -0.3 is 10.0 Å². The molecule has 1 aliphatic carbocycles. The van der Waals surface area contributed by atoms with E-state index < -0.39 is 7.12 Å². The van der Waals surface area contributed by atoms with E-state index >= 15 is 0 Å². The highest BCUT2D eigenvalue weighted by Gasteiger charge is 2.35. The van der Waals surface area contributed by atoms with Gasteiger partial charge in [-0.2, -0.15) is 0 Å². The highest BCUT2D eigenvalue weighted by Crippen LogP contribution is 2.49. The molecule has 0 saturated carbocycles. The molecule has 0 spiro atoms. The van der Waals surface area contributed by atoms with Crippen molar-refractivity contribution in [3.8, 4) is 45.0 Å². The van der Waals surface area contributed by atoms with Crippen molar-refractivity contribution in [3.63, 3.8) is 0 Å². The van der Waals surface area contributed by atoms with E-state index in [1.54, 1.807) is 12.1 Å². The Bertz CT molecular complexity index is 1580. The summed E-state index contributed by atoms with van der Waals surface area (Å²) in [6, 6.07) is 34.4. The summed E-state index contributed by atoms with van der Waals surface area (Å²) in [5.74, 6) is 0.591. The van der Waals surface area contributed by atoms with Crippen LogP contribution in [0, 0.1) is 0 Å². The first-order chi connectivity index (χ1) is 17.4. The van der Waals surface area contributed by atoms with Crippen molar-refractivity contribution in [2.24, 2.45) is 0 Å². The topological polar surface area (TPSA) is 66.2 Å². The molecule has 0 bridgehead atoms. The number of nitrogens with zero attached hydrogens (tertiary/aromatic N) is 2. The van der Waals surface area contributed by atoms with E-state index in [0.29, 0.717) is 11.3 Å². The Morgan fingerprint density at radius 2 is 1.19 bits per heavy atom. The number of benzene rings is 4. The molecule has 4 nitrogen and oxygen atoms in total. The fraction of sp³-hybridized carbons (Fsp3) is 0.0968. The molecule has 36 heavy (non-hydrogen) atoms. The third-order valence-electron chi connectivity index (χ3n) is 7.14. The molecule has 5 aromatic rings. The summed E-state index contributed by atoms with van der Waals surface area (Å²) >= 11 is 0. The zero-order valence-corrected chi connectivity index (χ0v) is 20.2. The van der Waals surface area contributed by atoms with Crippen LogP contribution in [0.2, 0.25) is 0 Å². The fourth-order valence-corrected chi connectivity index (χ4v) is 5.15. The summed E-state index contributed by atoms with van der Waals surface area (Å²) in [6.07, 6.45) is 0. The molecule has 2 N–H and O–H groups in total. The van der Waals surface area contributed by atoms with Gasteiger partial charge in [-0.25, -0.2) is 9.97 Å². The summed E-state index contributed by atoms with van der Waals surface area (Å²) in [5.41, 5.74) is 10.1. The quantitative estimate of drug-likeness (QED) is 0.344. The van der Waals surface area contributed by atoms with E-state index in [-0.39, 0.29) is 5.41 Å². The number of rotatable bonds is 4. The van der Waals surface area contributed by atoms with Crippen molar-refractivity contribution in [1.82, 2.24) is 9.97 Å². The second-order valence-electron chi connectivity index (χ2n) is 9.75. The molecule has 0 saturated heterocycles. The molecule has 0 fully saturated rings. The molecule has 5 heteroatoms. The van der Waals surface area contributed by atoms with Gasteiger partial charge in [0.25, 0.3) is 0 Å². The predicted molar refractivity (Wildman–Crippen MR) is 146 cm³/mol. The third-order valence-corrected chi connectivity index (χ3v) is 7.14. The van der Waals surface area contributed by atoms with Crippen molar-refractivity contribution in [2.45, 2.75) is 19.3 Å². The van der Waals surface area contributed by atoms with E-state index in [4.69, 9.17) is 9.97 Å². The minimum atomic E-state index is -1.51. The Kier molecular flexibility index (Phi) is 5.33. The summed E-state index contributed by atoms with van der Waals surface area (Å²) in [5, 5.41) is 19.0. The minimum Gasteiger partial charge on any atom is -0.423 e. The predicted octanol–water partition coefficient (Wildman–Crippen LogP) is 5.46.